The van der Waals surface area contributed by atoms with E-state index in [0.717, 1.165) is 23.5 Å². The van der Waals surface area contributed by atoms with Crippen LogP contribution in [0, 0.1) is 23.7 Å². The minimum atomic E-state index is 0.542. The van der Waals surface area contributed by atoms with Gasteiger partial charge < -0.3 is 4.90 Å². The number of nitrogens with zero attached hydrogens (tertiary/aromatic N) is 1. The first-order valence-corrected chi connectivity index (χ1v) is 11.2. The Bertz CT molecular complexity index is 429. The molecule has 0 aliphatic rings. The molecule has 0 N–H and O–H groups in total. The van der Waals surface area contributed by atoms with Gasteiger partial charge in [0.2, 0.25) is 0 Å². The maximum Gasteiger partial charge on any atom is 0.0290 e. The first-order valence-electron chi connectivity index (χ1n) is 11.2. The van der Waals surface area contributed by atoms with Crippen LogP contribution in [0.5, 0.6) is 0 Å². The van der Waals surface area contributed by atoms with E-state index in [1.807, 2.05) is 19.0 Å². The zero-order chi connectivity index (χ0) is 21.6. The summed E-state index contributed by atoms with van der Waals surface area (Å²) in [5.74, 6) is 3.03. The summed E-state index contributed by atoms with van der Waals surface area (Å²) in [4.78, 5) is 2.04. The smallest absolute Gasteiger partial charge is 0.0290 e. The molecule has 1 nitrogen and oxygen atoms in total. The van der Waals surface area contributed by atoms with Crippen LogP contribution in [0.3, 0.4) is 0 Å². The second kappa shape index (κ2) is 16.0. The SMILES string of the molecule is C=C(/C(C)=C\C(=C)N(C)C)C(C)CCC(C)C(C)CCC(C)CC.CCC. The fourth-order valence-corrected chi connectivity index (χ4v) is 2.87. The molecule has 0 fully saturated rings. The minimum absolute atomic E-state index is 0.542. The number of likely N-dealkylation sites (N-methyl/N-ethyl adjacent to an activating group) is 1. The maximum absolute atomic E-state index is 4.33. The fraction of sp³-hybridized carbons (Fsp3) is 0.769. The summed E-state index contributed by atoms with van der Waals surface area (Å²) in [6.45, 7) is 26.7. The average molecular weight is 378 g/mol. The van der Waals surface area contributed by atoms with Gasteiger partial charge in [-0.05, 0) is 60.7 Å². The molecule has 4 unspecified atom stereocenters. The number of hydrogen-bond acceptors (Lipinski definition) is 1. The van der Waals surface area contributed by atoms with Crippen molar-refractivity contribution < 1.29 is 0 Å². The highest BCUT2D eigenvalue weighted by atomic mass is 15.1. The molecule has 1 heteroatoms. The van der Waals surface area contributed by atoms with Crippen molar-refractivity contribution in [3.63, 3.8) is 0 Å². The van der Waals surface area contributed by atoms with Crippen LogP contribution in [-0.2, 0) is 0 Å². The van der Waals surface area contributed by atoms with Crippen LogP contribution >= 0.6 is 0 Å². The van der Waals surface area contributed by atoms with Crippen molar-refractivity contribution in [2.24, 2.45) is 23.7 Å². The van der Waals surface area contributed by atoms with E-state index in [2.05, 4.69) is 74.6 Å². The summed E-state index contributed by atoms with van der Waals surface area (Å²) in [5, 5.41) is 0. The molecule has 0 radical (unpaired) electrons. The summed E-state index contributed by atoms with van der Waals surface area (Å²) in [7, 11) is 4.06. The Hall–Kier alpha value is -0.980. The molecule has 4 atom stereocenters. The van der Waals surface area contributed by atoms with Gasteiger partial charge in [0.15, 0.2) is 0 Å². The highest BCUT2D eigenvalue weighted by Crippen LogP contribution is 2.29. The molecule has 0 aromatic heterocycles. The lowest BCUT2D eigenvalue weighted by atomic mass is 9.82. The Kier molecular flexibility index (Phi) is 16.7. The minimum Gasteiger partial charge on any atom is -0.378 e. The Morgan fingerprint density at radius 2 is 1.30 bits per heavy atom. The highest BCUT2D eigenvalue weighted by Gasteiger charge is 2.16. The van der Waals surface area contributed by atoms with Gasteiger partial charge in [-0.15, -0.1) is 0 Å². The topological polar surface area (TPSA) is 3.24 Å². The van der Waals surface area contributed by atoms with Gasteiger partial charge in [0.1, 0.15) is 0 Å². The summed E-state index contributed by atoms with van der Waals surface area (Å²) in [6, 6.07) is 0. The van der Waals surface area contributed by atoms with Crippen molar-refractivity contribution in [3.8, 4) is 0 Å². The van der Waals surface area contributed by atoms with Gasteiger partial charge in [0, 0.05) is 19.8 Å². The monoisotopic (exact) mass is 377 g/mol. The lowest BCUT2D eigenvalue weighted by Crippen LogP contribution is -2.12. The Morgan fingerprint density at radius 3 is 1.70 bits per heavy atom. The fourth-order valence-electron chi connectivity index (χ4n) is 2.87. The molecule has 0 spiro atoms. The Labute approximate surface area is 173 Å². The van der Waals surface area contributed by atoms with Crippen molar-refractivity contribution in [2.75, 3.05) is 14.1 Å². The van der Waals surface area contributed by atoms with E-state index < -0.39 is 0 Å². The van der Waals surface area contributed by atoms with Crippen LogP contribution in [0.1, 0.15) is 93.9 Å². The van der Waals surface area contributed by atoms with Gasteiger partial charge in [0.05, 0.1) is 0 Å². The maximum atomic E-state index is 4.33. The van der Waals surface area contributed by atoms with Crippen molar-refractivity contribution in [3.05, 3.63) is 36.1 Å². The van der Waals surface area contributed by atoms with E-state index in [0.29, 0.717) is 5.92 Å². The largest absolute Gasteiger partial charge is 0.378 e. The van der Waals surface area contributed by atoms with E-state index in [1.165, 1.54) is 49.7 Å². The van der Waals surface area contributed by atoms with Gasteiger partial charge in [-0.1, -0.05) is 87.3 Å². The number of rotatable bonds is 12. The third-order valence-electron chi connectivity index (χ3n) is 5.90. The van der Waals surface area contributed by atoms with Gasteiger partial charge in [-0.2, -0.15) is 0 Å². The predicted molar refractivity (Wildman–Crippen MR) is 127 cm³/mol. The molecule has 0 bridgehead atoms. The van der Waals surface area contributed by atoms with Crippen LogP contribution < -0.4 is 0 Å². The first-order chi connectivity index (χ1) is 12.5. The summed E-state index contributed by atoms with van der Waals surface area (Å²) < 4.78 is 0. The summed E-state index contributed by atoms with van der Waals surface area (Å²) >= 11 is 0. The van der Waals surface area contributed by atoms with Gasteiger partial charge >= 0.3 is 0 Å². The van der Waals surface area contributed by atoms with Crippen molar-refractivity contribution >= 4 is 0 Å². The van der Waals surface area contributed by atoms with Crippen molar-refractivity contribution in [1.82, 2.24) is 4.90 Å². The van der Waals surface area contributed by atoms with Crippen LogP contribution in [0.2, 0.25) is 0 Å². The molecule has 0 heterocycles. The lowest BCUT2D eigenvalue weighted by Gasteiger charge is -2.24. The summed E-state index contributed by atoms with van der Waals surface area (Å²) in [6.07, 6.45) is 9.97. The molecule has 0 saturated heterocycles. The summed E-state index contributed by atoms with van der Waals surface area (Å²) in [5.41, 5.74) is 3.56. The second-order valence-corrected chi connectivity index (χ2v) is 8.97. The molecule has 0 saturated carbocycles. The standard InChI is InChI=1S/C23H43N.C3H8/c1-11-17(2)12-13-18(3)19(4)14-15-20(5)23(8)21(6)16-22(7)24(9)10;1-3-2/h16-20H,7-8,11-15H2,1-6,9-10H3;3H2,1-2H3/b21-16-;. The molecule has 0 rings (SSSR count). The molecule has 0 aromatic rings. The third-order valence-corrected chi connectivity index (χ3v) is 5.90. The zero-order valence-electron chi connectivity index (χ0n) is 20.5. The van der Waals surface area contributed by atoms with Crippen LogP contribution in [0.15, 0.2) is 36.1 Å². The van der Waals surface area contributed by atoms with Crippen LogP contribution in [-0.4, -0.2) is 19.0 Å². The average Bonchev–Trinajstić information content (AvgIpc) is 2.62. The van der Waals surface area contributed by atoms with Crippen molar-refractivity contribution in [2.45, 2.75) is 93.9 Å². The molecular weight excluding hydrogens is 326 g/mol. The molecule has 27 heavy (non-hydrogen) atoms. The number of hydrogen-bond donors (Lipinski definition) is 0. The Morgan fingerprint density at radius 1 is 0.852 bits per heavy atom. The van der Waals surface area contributed by atoms with Crippen molar-refractivity contribution in [1.29, 1.82) is 0 Å². The van der Waals surface area contributed by atoms with E-state index in [-0.39, 0.29) is 0 Å². The zero-order valence-corrected chi connectivity index (χ0v) is 20.5. The quantitative estimate of drug-likeness (QED) is 0.308. The lowest BCUT2D eigenvalue weighted by molar-refractivity contribution is 0.300. The Balaban J connectivity index is 0. The molecule has 160 valence electrons. The second-order valence-electron chi connectivity index (χ2n) is 8.97. The first kappa shape index (κ1) is 28.2. The molecule has 0 aromatic carbocycles. The van der Waals surface area contributed by atoms with Gasteiger partial charge in [-0.3, -0.25) is 0 Å². The predicted octanol–water partition coefficient (Wildman–Crippen LogP) is 8.50. The highest BCUT2D eigenvalue weighted by molar-refractivity contribution is 5.33. The molecule has 0 aliphatic carbocycles. The number of allylic oxidation sites excluding steroid dienone is 3. The van der Waals surface area contributed by atoms with Gasteiger partial charge in [-0.25, -0.2) is 0 Å². The normalized spacial score (nSPS) is 15.9. The van der Waals surface area contributed by atoms with E-state index in [9.17, 15) is 0 Å². The van der Waals surface area contributed by atoms with E-state index >= 15 is 0 Å². The molecule has 0 amide bonds. The van der Waals surface area contributed by atoms with E-state index in [4.69, 9.17) is 0 Å². The van der Waals surface area contributed by atoms with Crippen LogP contribution in [0.25, 0.3) is 0 Å². The third kappa shape index (κ3) is 13.8. The molecular formula is C26H51N. The van der Waals surface area contributed by atoms with E-state index in [1.54, 1.807) is 0 Å². The molecule has 0 aliphatic heterocycles. The van der Waals surface area contributed by atoms with Gasteiger partial charge in [0.25, 0.3) is 0 Å². The van der Waals surface area contributed by atoms with Crippen LogP contribution in [0.4, 0.5) is 0 Å².